The quantitative estimate of drug-likeness (QED) is 0.0134. The van der Waals surface area contributed by atoms with Crippen LogP contribution in [0.15, 0.2) is 126 Å². The molecule has 3 rings (SSSR count). The Hall–Kier alpha value is -4.62. The molecule has 0 aliphatic carbocycles. The molecule has 2 saturated heterocycles. The fraction of sp³-hybridized carbons (Fsp3) is 0.556. The van der Waals surface area contributed by atoms with Crippen LogP contribution in [-0.2, 0) is 51.0 Å². The molecule has 1 aromatic heterocycles. The molecule has 418 valence electrons. The molecular formula is C54H81N3O16P2. The van der Waals surface area contributed by atoms with Crippen molar-refractivity contribution >= 4 is 33.4 Å². The second kappa shape index (κ2) is 38.0. The molecule has 2 aliphatic heterocycles. The van der Waals surface area contributed by atoms with E-state index in [2.05, 4.69) is 108 Å². The van der Waals surface area contributed by atoms with Gasteiger partial charge in [-0.25, -0.2) is 13.9 Å². The molecule has 0 radical (unpaired) electrons. The van der Waals surface area contributed by atoms with Crippen molar-refractivity contribution in [3.8, 4) is 0 Å². The number of unbranched alkanes of at least 4 members (excludes halogenated alkanes) is 3. The predicted molar refractivity (Wildman–Crippen MR) is 288 cm³/mol. The van der Waals surface area contributed by atoms with Crippen molar-refractivity contribution < 1.29 is 71.0 Å². The van der Waals surface area contributed by atoms with Crippen LogP contribution in [0.3, 0.4) is 0 Å². The number of esters is 2. The Labute approximate surface area is 442 Å². The van der Waals surface area contributed by atoms with Gasteiger partial charge in [0.2, 0.25) is 0 Å². The zero-order valence-electron chi connectivity index (χ0n) is 43.5. The minimum absolute atomic E-state index is 0.0214. The Morgan fingerprint density at radius 2 is 1.24 bits per heavy atom. The zero-order valence-corrected chi connectivity index (χ0v) is 45.3. The highest BCUT2D eigenvalue weighted by Gasteiger charge is 2.46. The maximum Gasteiger partial charge on any atom is 0.481 e. The second-order valence-corrected chi connectivity index (χ2v) is 20.7. The Morgan fingerprint density at radius 3 is 1.83 bits per heavy atom. The molecule has 0 spiro atoms. The molecule has 6 N–H and O–H groups in total. The van der Waals surface area contributed by atoms with Gasteiger partial charge in [0.1, 0.15) is 30.7 Å². The molecule has 19 nitrogen and oxygen atoms in total. The molecule has 4 unspecified atom stereocenters. The lowest BCUT2D eigenvalue weighted by Crippen LogP contribution is -2.36. The molecule has 21 heteroatoms. The van der Waals surface area contributed by atoms with E-state index in [1.54, 1.807) is 0 Å². The SMILES string of the molecule is CC/C=C\C/C=C\C/C=C\C/C=C\C/C=C\C/C=C\CCC(=O)OC[C@H](COP(=O)(O)OP(=O)(O)OC[C@H]1O[C@@H](n2ccc(N)nc2=O)[C@H](O)[C@@H]1O)OC(=O)CCCC1OC1C/C=C\C/C=C\C/C=C\CCCCC. The van der Waals surface area contributed by atoms with Crippen molar-refractivity contribution in [1.82, 2.24) is 9.55 Å². The summed E-state index contributed by atoms with van der Waals surface area (Å²) in [5.74, 6) is -1.49. The maximum absolute atomic E-state index is 12.9. The number of ether oxygens (including phenoxy) is 4. The summed E-state index contributed by atoms with van der Waals surface area (Å²) in [6.45, 7) is 1.85. The molecule has 0 amide bonds. The van der Waals surface area contributed by atoms with Gasteiger partial charge >= 0.3 is 33.3 Å². The van der Waals surface area contributed by atoms with Gasteiger partial charge in [-0.1, -0.05) is 136 Å². The molecule has 75 heavy (non-hydrogen) atoms. The van der Waals surface area contributed by atoms with Crippen molar-refractivity contribution in [2.75, 3.05) is 25.6 Å². The van der Waals surface area contributed by atoms with Gasteiger partial charge in [0.05, 0.1) is 25.4 Å². The van der Waals surface area contributed by atoms with E-state index < -0.39 is 83.7 Å². The first-order valence-corrected chi connectivity index (χ1v) is 29.0. The number of phosphoric acid groups is 2. The molecule has 9 atom stereocenters. The first-order chi connectivity index (χ1) is 36.1. The average molecular weight is 1090 g/mol. The normalized spacial score (nSPS) is 22.4. The van der Waals surface area contributed by atoms with Crippen LogP contribution in [0, 0.1) is 0 Å². The third-order valence-electron chi connectivity index (χ3n) is 11.3. The number of nitrogen functional groups attached to an aromatic ring is 1. The number of aliphatic hydroxyl groups excluding tert-OH is 2. The predicted octanol–water partition coefficient (Wildman–Crippen LogP) is 9.99. The lowest BCUT2D eigenvalue weighted by Gasteiger charge is -2.21. The van der Waals surface area contributed by atoms with E-state index in [4.69, 9.17) is 33.7 Å². The summed E-state index contributed by atoms with van der Waals surface area (Å²) < 4.78 is 62.5. The first-order valence-electron chi connectivity index (χ1n) is 26.0. The standard InChI is InChI=1S/C54H81N3O16P2/c1-3-5-7-9-11-13-15-17-18-19-20-21-22-23-25-27-29-31-33-37-49(58)67-41-44(70-50(59)38-34-36-46-45(71-46)35-32-30-28-26-24-16-14-12-10-8-6-4-2)42-68-74(63,64)73-75(65,66)69-43-47-51(60)52(61)53(72-47)57-40-39-48(55)56-54(57)62/h5,7,11-14,17-18,20-21,23-26,29-32,39-40,44-47,51-53,60-61H,3-4,6,8-10,15-16,19,22,27-28,33-38,41-43H2,1-2H3,(H,63,64)(H,65,66)(H2,55,56,62)/b7-5-,13-11-,14-12-,18-17-,21-20-,25-23-,26-24-,31-29-,32-30-/t44-,45?,46?,47-,51-,52-,53-/m1/s1. The van der Waals surface area contributed by atoms with Gasteiger partial charge in [0, 0.05) is 19.0 Å². The number of hydrogen-bond donors (Lipinski definition) is 5. The van der Waals surface area contributed by atoms with Gasteiger partial charge in [0.25, 0.3) is 0 Å². The van der Waals surface area contributed by atoms with Crippen molar-refractivity contribution in [2.45, 2.75) is 172 Å². The molecule has 1 aromatic rings. The third-order valence-corrected chi connectivity index (χ3v) is 13.9. The minimum atomic E-state index is -5.47. The Bertz CT molecular complexity index is 2260. The summed E-state index contributed by atoms with van der Waals surface area (Å²) in [6.07, 6.45) is 44.8. The fourth-order valence-corrected chi connectivity index (χ4v) is 9.30. The van der Waals surface area contributed by atoms with Crippen LogP contribution in [0.25, 0.3) is 0 Å². The van der Waals surface area contributed by atoms with Gasteiger partial charge < -0.3 is 44.7 Å². The highest BCUT2D eigenvalue weighted by atomic mass is 31.3. The summed E-state index contributed by atoms with van der Waals surface area (Å²) in [4.78, 5) is 62.1. The number of nitrogens with two attached hydrogens (primary N) is 1. The van der Waals surface area contributed by atoms with Crippen LogP contribution < -0.4 is 11.4 Å². The average Bonchev–Trinajstić information content (AvgIpc) is 4.06. The van der Waals surface area contributed by atoms with E-state index in [1.165, 1.54) is 25.3 Å². The topological polar surface area (TPSA) is 278 Å². The largest absolute Gasteiger partial charge is 0.481 e. The second-order valence-electron chi connectivity index (χ2n) is 17.7. The number of aromatic nitrogens is 2. The molecule has 0 saturated carbocycles. The van der Waals surface area contributed by atoms with E-state index >= 15 is 0 Å². The van der Waals surface area contributed by atoms with Gasteiger partial charge in [-0.05, 0) is 96.0 Å². The van der Waals surface area contributed by atoms with Gasteiger partial charge in [-0.2, -0.15) is 9.29 Å². The van der Waals surface area contributed by atoms with Crippen LogP contribution in [0.1, 0.15) is 136 Å². The summed E-state index contributed by atoms with van der Waals surface area (Å²) in [5, 5.41) is 20.9. The van der Waals surface area contributed by atoms with E-state index in [0.717, 1.165) is 68.6 Å². The van der Waals surface area contributed by atoms with Crippen LogP contribution >= 0.6 is 15.6 Å². The Kier molecular flexibility index (Phi) is 32.8. The first kappa shape index (κ1) is 64.7. The number of nitrogens with zero attached hydrogens (tertiary/aromatic N) is 2. The van der Waals surface area contributed by atoms with Crippen LogP contribution in [0.2, 0.25) is 0 Å². The molecule has 0 bridgehead atoms. The summed E-state index contributed by atoms with van der Waals surface area (Å²) in [5.41, 5.74) is 4.58. The molecule has 2 fully saturated rings. The molecule has 3 heterocycles. The van der Waals surface area contributed by atoms with E-state index in [1.807, 2.05) is 24.3 Å². The third kappa shape index (κ3) is 30.1. The molecule has 2 aliphatic rings. The Balaban J connectivity index is 1.44. The lowest BCUT2D eigenvalue weighted by atomic mass is 10.1. The summed E-state index contributed by atoms with van der Waals surface area (Å²) in [7, 11) is -10.9. The van der Waals surface area contributed by atoms with Crippen molar-refractivity contribution in [3.63, 3.8) is 0 Å². The van der Waals surface area contributed by atoms with Crippen LogP contribution in [0.5, 0.6) is 0 Å². The number of carbonyl (C=O) groups excluding carboxylic acids is 2. The van der Waals surface area contributed by atoms with E-state index in [-0.39, 0.29) is 30.9 Å². The van der Waals surface area contributed by atoms with Gasteiger partial charge in [0.15, 0.2) is 12.3 Å². The van der Waals surface area contributed by atoms with Gasteiger partial charge in [-0.15, -0.1) is 0 Å². The highest BCUT2D eigenvalue weighted by Crippen LogP contribution is 2.60. The summed E-state index contributed by atoms with van der Waals surface area (Å²) >= 11 is 0. The minimum Gasteiger partial charge on any atom is -0.462 e. The number of phosphoric ester groups is 2. The molecule has 0 aromatic carbocycles. The number of hydrogen-bond acceptors (Lipinski definition) is 16. The Morgan fingerprint density at radius 1 is 0.680 bits per heavy atom. The van der Waals surface area contributed by atoms with Crippen LogP contribution in [0.4, 0.5) is 5.82 Å². The van der Waals surface area contributed by atoms with Gasteiger partial charge in [-0.3, -0.25) is 23.2 Å². The maximum atomic E-state index is 12.9. The number of allylic oxidation sites excluding steroid dienone is 17. The number of anilines is 1. The zero-order chi connectivity index (χ0) is 54.6. The van der Waals surface area contributed by atoms with E-state index in [0.29, 0.717) is 25.7 Å². The summed E-state index contributed by atoms with van der Waals surface area (Å²) in [6, 6.07) is 1.24. The lowest BCUT2D eigenvalue weighted by molar-refractivity contribution is -0.161. The number of rotatable bonds is 40. The number of carbonyl (C=O) groups is 2. The number of epoxide rings is 1. The number of aliphatic hydroxyl groups is 2. The van der Waals surface area contributed by atoms with Crippen molar-refractivity contribution in [3.05, 3.63) is 132 Å². The van der Waals surface area contributed by atoms with Crippen molar-refractivity contribution in [2.24, 2.45) is 0 Å². The highest BCUT2D eigenvalue weighted by molar-refractivity contribution is 7.61. The van der Waals surface area contributed by atoms with E-state index in [9.17, 15) is 43.5 Å². The van der Waals surface area contributed by atoms with Crippen LogP contribution in [-0.4, -0.2) is 97.9 Å². The molecular weight excluding hydrogens is 1010 g/mol. The smallest absolute Gasteiger partial charge is 0.462 e. The monoisotopic (exact) mass is 1090 g/mol. The fourth-order valence-electron chi connectivity index (χ4n) is 7.19. The van der Waals surface area contributed by atoms with Crippen molar-refractivity contribution in [1.29, 1.82) is 0 Å².